The monoisotopic (exact) mass is 296 g/mol. The van der Waals surface area contributed by atoms with Gasteiger partial charge in [0.2, 0.25) is 5.91 Å². The molecule has 1 aromatic rings. The highest BCUT2D eigenvalue weighted by Crippen LogP contribution is 2.41. The Bertz CT molecular complexity index is 523. The van der Waals surface area contributed by atoms with Gasteiger partial charge in [-0.2, -0.15) is 0 Å². The Kier molecular flexibility index (Phi) is 4.65. The van der Waals surface area contributed by atoms with E-state index in [1.54, 1.807) is 12.1 Å². The molecule has 1 aliphatic rings. The van der Waals surface area contributed by atoms with Crippen LogP contribution in [-0.2, 0) is 9.59 Å². The molecule has 1 fully saturated rings. The lowest BCUT2D eigenvalue weighted by Crippen LogP contribution is -2.48. The number of carboxylic acids is 1. The second-order valence-electron chi connectivity index (χ2n) is 4.63. The summed E-state index contributed by atoms with van der Waals surface area (Å²) in [7, 11) is 0. The van der Waals surface area contributed by atoms with Gasteiger partial charge in [0.05, 0.1) is 12.0 Å². The van der Waals surface area contributed by atoms with Gasteiger partial charge in [-0.15, -0.1) is 11.8 Å². The van der Waals surface area contributed by atoms with E-state index in [9.17, 15) is 19.1 Å². The maximum Gasteiger partial charge on any atom is 0.224 e. The molecule has 0 aromatic heterocycles. The summed E-state index contributed by atoms with van der Waals surface area (Å²) in [6.07, 6.45) is 0.909. The summed E-state index contributed by atoms with van der Waals surface area (Å²) in [5.74, 6) is -1.64. The molecule has 1 heterocycles. The molecule has 4 nitrogen and oxygen atoms in total. The fourth-order valence-corrected chi connectivity index (χ4v) is 3.68. The van der Waals surface area contributed by atoms with Gasteiger partial charge in [-0.25, -0.2) is 4.39 Å². The zero-order valence-corrected chi connectivity index (χ0v) is 11.9. The predicted molar refractivity (Wildman–Crippen MR) is 72.1 cm³/mol. The summed E-state index contributed by atoms with van der Waals surface area (Å²) in [6.45, 7) is 1.85. The van der Waals surface area contributed by atoms with Crippen LogP contribution in [0.2, 0.25) is 0 Å². The molecule has 0 N–H and O–H groups in total. The summed E-state index contributed by atoms with van der Waals surface area (Å²) in [5.41, 5.74) is 0.600. The van der Waals surface area contributed by atoms with Crippen molar-refractivity contribution in [1.82, 2.24) is 4.90 Å². The van der Waals surface area contributed by atoms with Crippen molar-refractivity contribution in [3.8, 4) is 0 Å². The topological polar surface area (TPSA) is 60.4 Å². The summed E-state index contributed by atoms with van der Waals surface area (Å²) in [4.78, 5) is 24.6. The number of hydrogen-bond acceptors (Lipinski definition) is 4. The second kappa shape index (κ2) is 6.26. The lowest BCUT2D eigenvalue weighted by Gasteiger charge is -2.30. The fraction of sp³-hybridized carbons (Fsp3) is 0.429. The molecule has 6 heteroatoms. The molecule has 0 bridgehead atoms. The minimum Gasteiger partial charge on any atom is -0.548 e. The van der Waals surface area contributed by atoms with E-state index in [2.05, 4.69) is 0 Å². The maximum atomic E-state index is 13.3. The summed E-state index contributed by atoms with van der Waals surface area (Å²) >= 11 is 1.32. The van der Waals surface area contributed by atoms with Gasteiger partial charge in [-0.3, -0.25) is 4.79 Å². The van der Waals surface area contributed by atoms with Crippen LogP contribution in [0.25, 0.3) is 0 Å². The largest absolute Gasteiger partial charge is 0.548 e. The number of carboxylic acid groups (broad SMARTS) is 1. The number of carbonyl (C=O) groups is 2. The Labute approximate surface area is 121 Å². The number of benzene rings is 1. The SMILES string of the molecule is CCCC(=O)N1[C@@H](C(=O)[O-])CS[C@@H]1c1cccc(F)c1. The van der Waals surface area contributed by atoms with E-state index in [0.29, 0.717) is 12.0 Å². The Morgan fingerprint density at radius 3 is 2.85 bits per heavy atom. The summed E-state index contributed by atoms with van der Waals surface area (Å²) < 4.78 is 13.3. The number of halogens is 1. The van der Waals surface area contributed by atoms with Crippen molar-refractivity contribution in [2.24, 2.45) is 0 Å². The first-order chi connectivity index (χ1) is 9.54. The van der Waals surface area contributed by atoms with E-state index in [-0.39, 0.29) is 18.1 Å². The molecule has 108 valence electrons. The lowest BCUT2D eigenvalue weighted by molar-refractivity contribution is -0.310. The first kappa shape index (κ1) is 14.8. The average molecular weight is 296 g/mol. The van der Waals surface area contributed by atoms with Crippen LogP contribution in [0.5, 0.6) is 0 Å². The molecule has 1 amide bonds. The quantitative estimate of drug-likeness (QED) is 0.841. The van der Waals surface area contributed by atoms with Crippen LogP contribution in [0.1, 0.15) is 30.7 Å². The van der Waals surface area contributed by atoms with Gasteiger partial charge in [0.25, 0.3) is 0 Å². The number of aliphatic carboxylic acids is 1. The number of rotatable bonds is 4. The smallest absolute Gasteiger partial charge is 0.224 e. The highest BCUT2D eigenvalue weighted by atomic mass is 32.2. The number of hydrogen-bond donors (Lipinski definition) is 0. The van der Waals surface area contributed by atoms with Crippen molar-refractivity contribution in [1.29, 1.82) is 0 Å². The summed E-state index contributed by atoms with van der Waals surface area (Å²) in [5, 5.41) is 10.7. The van der Waals surface area contributed by atoms with E-state index in [1.165, 1.54) is 28.8 Å². The summed E-state index contributed by atoms with van der Waals surface area (Å²) in [6, 6.07) is 4.95. The molecule has 2 atom stereocenters. The average Bonchev–Trinajstić information content (AvgIpc) is 2.83. The Balaban J connectivity index is 2.31. The van der Waals surface area contributed by atoms with Crippen molar-refractivity contribution < 1.29 is 19.1 Å². The predicted octanol–water partition coefficient (Wildman–Crippen LogP) is 1.32. The van der Waals surface area contributed by atoms with Crippen LogP contribution >= 0.6 is 11.8 Å². The molecular formula is C14H15FNO3S-. The van der Waals surface area contributed by atoms with E-state index < -0.39 is 23.2 Å². The van der Waals surface area contributed by atoms with Gasteiger partial charge in [0.1, 0.15) is 11.2 Å². The first-order valence-corrected chi connectivity index (χ1v) is 7.48. The number of thioether (sulfide) groups is 1. The molecule has 1 aliphatic heterocycles. The molecule has 0 aliphatic carbocycles. The van der Waals surface area contributed by atoms with Gasteiger partial charge in [-0.1, -0.05) is 19.1 Å². The van der Waals surface area contributed by atoms with Crippen molar-refractivity contribution in [2.45, 2.75) is 31.2 Å². The zero-order chi connectivity index (χ0) is 14.7. The van der Waals surface area contributed by atoms with E-state index >= 15 is 0 Å². The molecule has 20 heavy (non-hydrogen) atoms. The Morgan fingerprint density at radius 2 is 2.25 bits per heavy atom. The number of carbonyl (C=O) groups excluding carboxylic acids is 2. The normalized spacial score (nSPS) is 22.0. The molecule has 1 aromatic carbocycles. The third kappa shape index (κ3) is 2.95. The first-order valence-electron chi connectivity index (χ1n) is 6.43. The standard InChI is InChI=1S/C14H16FNO3S/c1-2-4-12(17)16-11(14(18)19)8-20-13(16)9-5-3-6-10(15)7-9/h3,5-7,11,13H,2,4,8H2,1H3,(H,18,19)/p-1/t11-,13-/m1/s1. The van der Waals surface area contributed by atoms with Crippen molar-refractivity contribution in [2.75, 3.05) is 5.75 Å². The van der Waals surface area contributed by atoms with Crippen molar-refractivity contribution in [3.05, 3.63) is 35.6 Å². The molecule has 1 saturated heterocycles. The second-order valence-corrected chi connectivity index (χ2v) is 5.74. The van der Waals surface area contributed by atoms with Crippen LogP contribution in [-0.4, -0.2) is 28.6 Å². The highest BCUT2D eigenvalue weighted by molar-refractivity contribution is 7.99. The number of nitrogens with zero attached hydrogens (tertiary/aromatic N) is 1. The van der Waals surface area contributed by atoms with Crippen LogP contribution in [0.15, 0.2) is 24.3 Å². The molecule has 0 radical (unpaired) electrons. The minimum atomic E-state index is -1.26. The lowest BCUT2D eigenvalue weighted by atomic mass is 10.1. The molecular weight excluding hydrogens is 281 g/mol. The fourth-order valence-electron chi connectivity index (χ4n) is 2.25. The Morgan fingerprint density at radius 1 is 1.50 bits per heavy atom. The van der Waals surface area contributed by atoms with Crippen LogP contribution in [0.3, 0.4) is 0 Å². The van der Waals surface area contributed by atoms with Gasteiger partial charge in [0.15, 0.2) is 0 Å². The minimum absolute atomic E-state index is 0.235. The van der Waals surface area contributed by atoms with Gasteiger partial charge in [0, 0.05) is 12.2 Å². The molecule has 0 saturated carbocycles. The van der Waals surface area contributed by atoms with Crippen LogP contribution < -0.4 is 5.11 Å². The molecule has 0 unspecified atom stereocenters. The van der Waals surface area contributed by atoms with E-state index in [0.717, 1.165) is 0 Å². The third-order valence-corrected chi connectivity index (χ3v) is 4.48. The highest BCUT2D eigenvalue weighted by Gasteiger charge is 2.38. The van der Waals surface area contributed by atoms with Gasteiger partial charge >= 0.3 is 0 Å². The Hall–Kier alpha value is -1.56. The molecule has 2 rings (SSSR count). The van der Waals surface area contributed by atoms with Crippen LogP contribution in [0.4, 0.5) is 4.39 Å². The number of amides is 1. The van der Waals surface area contributed by atoms with Crippen molar-refractivity contribution >= 4 is 23.6 Å². The zero-order valence-electron chi connectivity index (χ0n) is 11.0. The third-order valence-electron chi connectivity index (χ3n) is 3.16. The maximum absolute atomic E-state index is 13.3. The van der Waals surface area contributed by atoms with Crippen molar-refractivity contribution in [3.63, 3.8) is 0 Å². The van der Waals surface area contributed by atoms with E-state index in [1.807, 2.05) is 6.92 Å². The van der Waals surface area contributed by atoms with Crippen LogP contribution in [0, 0.1) is 5.82 Å². The van der Waals surface area contributed by atoms with E-state index in [4.69, 9.17) is 0 Å². The van der Waals surface area contributed by atoms with Gasteiger partial charge in [-0.05, 0) is 24.1 Å². The van der Waals surface area contributed by atoms with Gasteiger partial charge < -0.3 is 14.8 Å². The molecule has 0 spiro atoms.